The monoisotopic (exact) mass is 199 g/mol. The highest BCUT2D eigenvalue weighted by Gasteiger charge is 2.42. The maximum absolute atomic E-state index is 12.1. The molecule has 1 aliphatic rings. The van der Waals surface area contributed by atoms with Crippen molar-refractivity contribution in [3.8, 4) is 0 Å². The summed E-state index contributed by atoms with van der Waals surface area (Å²) >= 11 is 0. The number of amides is 1. The first-order chi connectivity index (χ1) is 5.94. The summed E-state index contributed by atoms with van der Waals surface area (Å²) in [6.07, 6.45) is -5.63. The molecule has 13 heavy (non-hydrogen) atoms. The predicted molar refractivity (Wildman–Crippen MR) is 36.6 cm³/mol. The van der Waals surface area contributed by atoms with Crippen LogP contribution in [0.2, 0.25) is 0 Å². The van der Waals surface area contributed by atoms with Gasteiger partial charge in [-0.3, -0.25) is 9.18 Å². The van der Waals surface area contributed by atoms with E-state index in [-0.39, 0.29) is 6.54 Å². The van der Waals surface area contributed by atoms with Crippen molar-refractivity contribution in [1.29, 1.82) is 0 Å². The summed E-state index contributed by atoms with van der Waals surface area (Å²) in [6.45, 7) is -0.879. The number of hydrogen-bond donors (Lipinski definition) is 1. The average molecular weight is 199 g/mol. The van der Waals surface area contributed by atoms with E-state index >= 15 is 0 Å². The van der Waals surface area contributed by atoms with Gasteiger partial charge in [-0.25, -0.2) is 0 Å². The fourth-order valence-electron chi connectivity index (χ4n) is 1.39. The van der Waals surface area contributed by atoms with Gasteiger partial charge < -0.3 is 5.32 Å². The molecule has 1 N–H and O–H groups in total. The SMILES string of the molecule is O=C1NCC(CF)C1CC(F)(F)F. The van der Waals surface area contributed by atoms with Crippen LogP contribution >= 0.6 is 0 Å². The van der Waals surface area contributed by atoms with Gasteiger partial charge in [-0.05, 0) is 0 Å². The van der Waals surface area contributed by atoms with Gasteiger partial charge in [-0.1, -0.05) is 0 Å². The molecule has 1 aliphatic heterocycles. The second-order valence-electron chi connectivity index (χ2n) is 3.09. The molecule has 0 saturated carbocycles. The number of carbonyl (C=O) groups is 1. The van der Waals surface area contributed by atoms with Crippen molar-refractivity contribution in [3.63, 3.8) is 0 Å². The van der Waals surface area contributed by atoms with Gasteiger partial charge in [0.1, 0.15) is 0 Å². The van der Waals surface area contributed by atoms with E-state index in [1.807, 2.05) is 0 Å². The summed E-state index contributed by atoms with van der Waals surface area (Å²) in [4.78, 5) is 10.8. The zero-order valence-electron chi connectivity index (χ0n) is 6.70. The quantitative estimate of drug-likeness (QED) is 0.666. The molecule has 0 aromatic carbocycles. The molecule has 1 rings (SSSR count). The van der Waals surface area contributed by atoms with Crippen molar-refractivity contribution < 1.29 is 22.4 Å². The average Bonchev–Trinajstić information content (AvgIpc) is 2.30. The largest absolute Gasteiger partial charge is 0.389 e. The summed E-state index contributed by atoms with van der Waals surface area (Å²) in [6, 6.07) is 0. The predicted octanol–water partition coefficient (Wildman–Crippen LogP) is 1.27. The van der Waals surface area contributed by atoms with Crippen molar-refractivity contribution in [2.24, 2.45) is 11.8 Å². The number of rotatable bonds is 2. The van der Waals surface area contributed by atoms with Gasteiger partial charge in [-0.15, -0.1) is 0 Å². The van der Waals surface area contributed by atoms with E-state index in [9.17, 15) is 22.4 Å². The molecule has 0 aromatic heterocycles. The fourth-order valence-corrected chi connectivity index (χ4v) is 1.39. The molecule has 1 heterocycles. The first kappa shape index (κ1) is 10.3. The number of hydrogen-bond acceptors (Lipinski definition) is 1. The first-order valence-electron chi connectivity index (χ1n) is 3.84. The molecule has 2 nitrogen and oxygen atoms in total. The van der Waals surface area contributed by atoms with Crippen LogP contribution in [0.5, 0.6) is 0 Å². The van der Waals surface area contributed by atoms with E-state index in [2.05, 4.69) is 5.32 Å². The first-order valence-corrected chi connectivity index (χ1v) is 3.84. The van der Waals surface area contributed by atoms with E-state index in [0.717, 1.165) is 0 Å². The summed E-state index contributed by atoms with van der Waals surface area (Å²) < 4.78 is 47.8. The Kier molecular flexibility index (Phi) is 2.77. The lowest BCUT2D eigenvalue weighted by molar-refractivity contribution is -0.154. The lowest BCUT2D eigenvalue weighted by atomic mass is 9.93. The molecule has 0 aliphatic carbocycles. The number of alkyl halides is 4. The van der Waals surface area contributed by atoms with Crippen molar-refractivity contribution in [2.75, 3.05) is 13.2 Å². The maximum atomic E-state index is 12.1. The van der Waals surface area contributed by atoms with Crippen molar-refractivity contribution in [2.45, 2.75) is 12.6 Å². The summed E-state index contributed by atoms with van der Waals surface area (Å²) in [5, 5.41) is 2.21. The molecule has 6 heteroatoms. The Morgan fingerprint density at radius 2 is 2.08 bits per heavy atom. The van der Waals surface area contributed by atoms with E-state index in [1.165, 1.54) is 0 Å². The lowest BCUT2D eigenvalue weighted by Crippen LogP contribution is -2.26. The second-order valence-corrected chi connectivity index (χ2v) is 3.09. The second kappa shape index (κ2) is 3.51. The lowest BCUT2D eigenvalue weighted by Gasteiger charge is -2.14. The van der Waals surface area contributed by atoms with Crippen LogP contribution in [0.3, 0.4) is 0 Å². The molecular weight excluding hydrogens is 190 g/mol. The van der Waals surface area contributed by atoms with Crippen LogP contribution < -0.4 is 5.32 Å². The number of carbonyl (C=O) groups excluding carboxylic acids is 1. The molecular formula is C7H9F4NO. The summed E-state index contributed by atoms with van der Waals surface area (Å²) in [5.41, 5.74) is 0. The Morgan fingerprint density at radius 3 is 2.54 bits per heavy atom. The molecule has 2 atom stereocenters. The van der Waals surface area contributed by atoms with Gasteiger partial charge in [-0.2, -0.15) is 13.2 Å². The normalized spacial score (nSPS) is 29.1. The molecule has 76 valence electrons. The zero-order valence-corrected chi connectivity index (χ0v) is 6.70. The topological polar surface area (TPSA) is 29.1 Å². The van der Waals surface area contributed by atoms with Crippen LogP contribution in [0, 0.1) is 11.8 Å². The summed E-state index contributed by atoms with van der Waals surface area (Å²) in [7, 11) is 0. The van der Waals surface area contributed by atoms with Gasteiger partial charge in [0.25, 0.3) is 0 Å². The van der Waals surface area contributed by atoms with E-state index in [1.54, 1.807) is 0 Å². The molecule has 0 spiro atoms. The van der Waals surface area contributed by atoms with Gasteiger partial charge >= 0.3 is 6.18 Å². The smallest absolute Gasteiger partial charge is 0.355 e. The third-order valence-corrected chi connectivity index (χ3v) is 2.09. The highest BCUT2D eigenvalue weighted by molar-refractivity contribution is 5.81. The Bertz CT molecular complexity index is 203. The van der Waals surface area contributed by atoms with E-state index in [0.29, 0.717) is 0 Å². The van der Waals surface area contributed by atoms with Gasteiger partial charge in [0.05, 0.1) is 19.0 Å². The van der Waals surface area contributed by atoms with Gasteiger partial charge in [0.2, 0.25) is 5.91 Å². The standard InChI is InChI=1S/C7H9F4NO/c8-2-4-3-12-6(13)5(4)1-7(9,10)11/h4-5H,1-3H2,(H,12,13). The minimum atomic E-state index is -4.40. The molecule has 0 radical (unpaired) electrons. The summed E-state index contributed by atoms with van der Waals surface area (Å²) in [5.74, 6) is -2.76. The zero-order chi connectivity index (χ0) is 10.1. The Labute approximate surface area is 72.3 Å². The molecule has 2 unspecified atom stereocenters. The van der Waals surface area contributed by atoms with Crippen molar-refractivity contribution in [1.82, 2.24) is 5.32 Å². The van der Waals surface area contributed by atoms with Crippen LogP contribution in [0.15, 0.2) is 0 Å². The number of halogens is 4. The van der Waals surface area contributed by atoms with Crippen molar-refractivity contribution in [3.05, 3.63) is 0 Å². The van der Waals surface area contributed by atoms with E-state index in [4.69, 9.17) is 0 Å². The van der Waals surface area contributed by atoms with Gasteiger partial charge in [0.15, 0.2) is 0 Å². The van der Waals surface area contributed by atoms with Crippen LogP contribution in [-0.4, -0.2) is 25.3 Å². The minimum absolute atomic E-state index is 0.0100. The van der Waals surface area contributed by atoms with E-state index < -0.39 is 37.0 Å². The van der Waals surface area contributed by atoms with Crippen LogP contribution in [-0.2, 0) is 4.79 Å². The Morgan fingerprint density at radius 1 is 1.46 bits per heavy atom. The minimum Gasteiger partial charge on any atom is -0.355 e. The van der Waals surface area contributed by atoms with Crippen LogP contribution in [0.1, 0.15) is 6.42 Å². The maximum Gasteiger partial charge on any atom is 0.389 e. The van der Waals surface area contributed by atoms with Crippen LogP contribution in [0.25, 0.3) is 0 Å². The fraction of sp³-hybridized carbons (Fsp3) is 0.857. The van der Waals surface area contributed by atoms with Crippen LogP contribution in [0.4, 0.5) is 17.6 Å². The third-order valence-electron chi connectivity index (χ3n) is 2.09. The third kappa shape index (κ3) is 2.57. The molecule has 0 bridgehead atoms. The molecule has 1 fully saturated rings. The molecule has 1 saturated heterocycles. The number of nitrogens with one attached hydrogen (secondary N) is 1. The molecule has 1 amide bonds. The molecule has 0 aromatic rings. The Hall–Kier alpha value is -0.810. The highest BCUT2D eigenvalue weighted by atomic mass is 19.4. The van der Waals surface area contributed by atoms with Gasteiger partial charge in [0, 0.05) is 12.5 Å². The van der Waals surface area contributed by atoms with Crippen molar-refractivity contribution >= 4 is 5.91 Å². The highest BCUT2D eigenvalue weighted by Crippen LogP contribution is 2.31. The Balaban J connectivity index is 2.60.